The van der Waals surface area contributed by atoms with Crippen molar-refractivity contribution in [3.8, 4) is 10.4 Å². The van der Waals surface area contributed by atoms with E-state index in [-0.39, 0.29) is 5.91 Å². The summed E-state index contributed by atoms with van der Waals surface area (Å²) in [4.78, 5) is 27.5. The quantitative estimate of drug-likeness (QED) is 0.682. The Balaban J connectivity index is 0.000000745. The van der Waals surface area contributed by atoms with Crippen molar-refractivity contribution < 1.29 is 14.3 Å². The molecule has 0 atom stereocenters. The van der Waals surface area contributed by atoms with Gasteiger partial charge in [-0.3, -0.25) is 14.6 Å². The second-order valence-corrected chi connectivity index (χ2v) is 5.52. The van der Waals surface area contributed by atoms with Crippen LogP contribution in [0, 0.1) is 0 Å². The molecule has 2 heterocycles. The zero-order valence-electron chi connectivity index (χ0n) is 12.1. The predicted molar refractivity (Wildman–Crippen MR) is 89.7 cm³/mol. The van der Waals surface area contributed by atoms with Gasteiger partial charge in [-0.25, -0.2) is 0 Å². The standard InChI is InChI=1S/C13H9ClN2O2S.C2H6O/c1-2-13(18)16-10-4-11(19-12(10)7-17)8-3-9(14)6-15-5-8;1-3-2/h2-7H,1H2,(H,16,18);1-2H3. The molecule has 2 aromatic heterocycles. The Hall–Kier alpha value is -2.02. The number of nitrogens with zero attached hydrogens (tertiary/aromatic N) is 1. The normalized spacial score (nSPS) is 9.41. The summed E-state index contributed by atoms with van der Waals surface area (Å²) in [5.74, 6) is -0.364. The van der Waals surface area contributed by atoms with Crippen molar-refractivity contribution in [2.75, 3.05) is 19.5 Å². The molecule has 2 rings (SSSR count). The molecule has 0 fully saturated rings. The van der Waals surface area contributed by atoms with Crippen molar-refractivity contribution in [1.82, 2.24) is 4.98 Å². The highest BCUT2D eigenvalue weighted by Crippen LogP contribution is 2.34. The number of ether oxygens (including phenoxy) is 1. The van der Waals surface area contributed by atoms with Crippen molar-refractivity contribution in [2.24, 2.45) is 0 Å². The molecule has 0 saturated heterocycles. The lowest BCUT2D eigenvalue weighted by atomic mass is 10.2. The summed E-state index contributed by atoms with van der Waals surface area (Å²) in [6.07, 6.45) is 5.02. The number of rotatable bonds is 4. The number of methoxy groups -OCH3 is 1. The summed E-state index contributed by atoms with van der Waals surface area (Å²) in [6, 6.07) is 3.46. The lowest BCUT2D eigenvalue weighted by Crippen LogP contribution is -2.07. The Morgan fingerprint density at radius 1 is 1.41 bits per heavy atom. The number of nitrogens with one attached hydrogen (secondary N) is 1. The van der Waals surface area contributed by atoms with Crippen LogP contribution in [0.3, 0.4) is 0 Å². The van der Waals surface area contributed by atoms with Gasteiger partial charge in [-0.2, -0.15) is 0 Å². The molecule has 0 radical (unpaired) electrons. The highest BCUT2D eigenvalue weighted by Gasteiger charge is 2.12. The zero-order chi connectivity index (χ0) is 16.5. The Kier molecular flexibility index (Phi) is 7.45. The molecule has 0 aliphatic rings. The van der Waals surface area contributed by atoms with E-state index in [1.165, 1.54) is 17.5 Å². The maximum atomic E-state index is 11.3. The minimum atomic E-state index is -0.364. The molecular weight excluding hydrogens is 324 g/mol. The van der Waals surface area contributed by atoms with Gasteiger partial charge in [-0.05, 0) is 18.2 Å². The van der Waals surface area contributed by atoms with Gasteiger partial charge in [-0.1, -0.05) is 18.2 Å². The fourth-order valence-corrected chi connectivity index (χ4v) is 2.55. The molecule has 1 amide bonds. The number of hydrogen-bond donors (Lipinski definition) is 1. The predicted octanol–water partition coefficient (Wildman–Crippen LogP) is 3.66. The summed E-state index contributed by atoms with van der Waals surface area (Å²) < 4.78 is 4.25. The summed E-state index contributed by atoms with van der Waals surface area (Å²) in [5.41, 5.74) is 1.25. The summed E-state index contributed by atoms with van der Waals surface area (Å²) in [5, 5.41) is 3.09. The Morgan fingerprint density at radius 3 is 2.64 bits per heavy atom. The number of pyridine rings is 1. The van der Waals surface area contributed by atoms with E-state index in [0.717, 1.165) is 16.5 Å². The average Bonchev–Trinajstić information content (AvgIpc) is 2.91. The third-order valence-electron chi connectivity index (χ3n) is 2.30. The van der Waals surface area contributed by atoms with Crippen LogP contribution in [0.25, 0.3) is 10.4 Å². The number of aromatic nitrogens is 1. The van der Waals surface area contributed by atoms with Crippen molar-refractivity contribution >= 4 is 40.8 Å². The number of amides is 1. The van der Waals surface area contributed by atoms with Crippen LogP contribution in [0.1, 0.15) is 9.67 Å². The molecule has 1 N–H and O–H groups in total. The molecule has 0 unspecified atom stereocenters. The number of carbonyl (C=O) groups excluding carboxylic acids is 2. The molecule has 22 heavy (non-hydrogen) atoms. The van der Waals surface area contributed by atoms with E-state index in [4.69, 9.17) is 11.6 Å². The Labute approximate surface area is 137 Å². The summed E-state index contributed by atoms with van der Waals surface area (Å²) in [7, 11) is 3.25. The molecule has 0 bridgehead atoms. The summed E-state index contributed by atoms with van der Waals surface area (Å²) in [6.45, 7) is 3.36. The fraction of sp³-hybridized carbons (Fsp3) is 0.133. The number of anilines is 1. The van der Waals surface area contributed by atoms with E-state index in [2.05, 4.69) is 21.6 Å². The van der Waals surface area contributed by atoms with Gasteiger partial charge in [0.2, 0.25) is 5.91 Å². The second kappa shape index (κ2) is 9.09. The molecule has 116 valence electrons. The van der Waals surface area contributed by atoms with Crippen LogP contribution in [0.15, 0.2) is 37.2 Å². The molecule has 2 aromatic rings. The van der Waals surface area contributed by atoms with Crippen LogP contribution in [-0.4, -0.2) is 31.4 Å². The molecule has 0 aliphatic carbocycles. The maximum absolute atomic E-state index is 11.3. The van der Waals surface area contributed by atoms with Crippen LogP contribution in [-0.2, 0) is 9.53 Å². The van der Waals surface area contributed by atoms with E-state index in [1.807, 2.05) is 0 Å². The summed E-state index contributed by atoms with van der Waals surface area (Å²) >= 11 is 7.13. The number of halogens is 1. The van der Waals surface area contributed by atoms with E-state index in [0.29, 0.717) is 21.9 Å². The van der Waals surface area contributed by atoms with Crippen molar-refractivity contribution in [3.63, 3.8) is 0 Å². The Bertz CT molecular complexity index is 671. The monoisotopic (exact) mass is 338 g/mol. The third-order valence-corrected chi connectivity index (χ3v) is 3.62. The van der Waals surface area contributed by atoms with E-state index >= 15 is 0 Å². The molecule has 0 saturated carbocycles. The molecule has 0 aromatic carbocycles. The number of thiophene rings is 1. The van der Waals surface area contributed by atoms with Gasteiger partial charge < -0.3 is 10.1 Å². The van der Waals surface area contributed by atoms with Crippen molar-refractivity contribution in [1.29, 1.82) is 0 Å². The van der Waals surface area contributed by atoms with Crippen LogP contribution >= 0.6 is 22.9 Å². The smallest absolute Gasteiger partial charge is 0.247 e. The van der Waals surface area contributed by atoms with Gasteiger partial charge in [0.25, 0.3) is 0 Å². The number of carbonyl (C=O) groups is 2. The van der Waals surface area contributed by atoms with Crippen molar-refractivity contribution in [3.05, 3.63) is 47.1 Å². The number of hydrogen-bond acceptors (Lipinski definition) is 5. The van der Waals surface area contributed by atoms with Crippen LogP contribution in [0.4, 0.5) is 5.69 Å². The van der Waals surface area contributed by atoms with Gasteiger partial charge in [0, 0.05) is 37.1 Å². The van der Waals surface area contributed by atoms with Gasteiger partial charge in [-0.15, -0.1) is 11.3 Å². The van der Waals surface area contributed by atoms with Crippen molar-refractivity contribution in [2.45, 2.75) is 0 Å². The minimum absolute atomic E-state index is 0.364. The highest BCUT2D eigenvalue weighted by molar-refractivity contribution is 7.17. The largest absolute Gasteiger partial charge is 0.388 e. The zero-order valence-corrected chi connectivity index (χ0v) is 13.7. The maximum Gasteiger partial charge on any atom is 0.247 e. The molecule has 0 aliphatic heterocycles. The SMILES string of the molecule is C=CC(=O)Nc1cc(-c2cncc(Cl)c2)sc1C=O.COC. The highest BCUT2D eigenvalue weighted by atomic mass is 35.5. The molecule has 0 spiro atoms. The first-order chi connectivity index (χ1) is 10.5. The van der Waals surface area contributed by atoms with Gasteiger partial charge in [0.15, 0.2) is 6.29 Å². The first kappa shape index (κ1) is 18.0. The van der Waals surface area contributed by atoms with Gasteiger partial charge in [0.05, 0.1) is 15.6 Å². The molecule has 5 nitrogen and oxygen atoms in total. The van der Waals surface area contributed by atoms with E-state index < -0.39 is 0 Å². The van der Waals surface area contributed by atoms with E-state index in [9.17, 15) is 9.59 Å². The third kappa shape index (κ3) is 5.07. The average molecular weight is 339 g/mol. The van der Waals surface area contributed by atoms with Crippen LogP contribution in [0.5, 0.6) is 0 Å². The lowest BCUT2D eigenvalue weighted by molar-refractivity contribution is -0.111. The van der Waals surface area contributed by atoms with Crippen LogP contribution in [0.2, 0.25) is 5.02 Å². The first-order valence-corrected chi connectivity index (χ1v) is 7.28. The van der Waals surface area contributed by atoms with Crippen LogP contribution < -0.4 is 5.32 Å². The van der Waals surface area contributed by atoms with Gasteiger partial charge in [0.1, 0.15) is 0 Å². The fourth-order valence-electron chi connectivity index (χ4n) is 1.46. The van der Waals surface area contributed by atoms with E-state index in [1.54, 1.807) is 32.5 Å². The topological polar surface area (TPSA) is 68.3 Å². The molecular formula is C15H15ClN2O3S. The Morgan fingerprint density at radius 2 is 2.09 bits per heavy atom. The van der Waals surface area contributed by atoms with Gasteiger partial charge >= 0.3 is 0 Å². The lowest BCUT2D eigenvalue weighted by Gasteiger charge is -1.98. The molecule has 7 heteroatoms. The second-order valence-electron chi connectivity index (χ2n) is 4.00. The first-order valence-electron chi connectivity index (χ1n) is 6.09. The number of aldehydes is 1. The minimum Gasteiger partial charge on any atom is -0.388 e.